The second kappa shape index (κ2) is 4.02. The van der Waals surface area contributed by atoms with Gasteiger partial charge in [0.25, 0.3) is 0 Å². The first-order valence-corrected chi connectivity index (χ1v) is 4.14. The second-order valence-corrected chi connectivity index (χ2v) is 3.01. The average molecular weight is 184 g/mol. The van der Waals surface area contributed by atoms with Gasteiger partial charge < -0.3 is 5.11 Å². The average Bonchev–Trinajstić information content (AvgIpc) is 2.30. The molecule has 0 aromatic rings. The highest BCUT2D eigenvalue weighted by atomic mass is 16.4. The summed E-state index contributed by atoms with van der Waals surface area (Å²) in [5, 5.41) is 13.6. The lowest BCUT2D eigenvalue weighted by Gasteiger charge is -1.99. The summed E-state index contributed by atoms with van der Waals surface area (Å²) in [6, 6.07) is 0. The SMILES string of the molecule is CN1N=C(CCCC(=O)O)CC1=O. The highest BCUT2D eigenvalue weighted by molar-refractivity contribution is 6.04. The minimum Gasteiger partial charge on any atom is -0.481 e. The topological polar surface area (TPSA) is 70.0 Å². The summed E-state index contributed by atoms with van der Waals surface area (Å²) >= 11 is 0. The Morgan fingerprint density at radius 2 is 2.38 bits per heavy atom. The molecule has 13 heavy (non-hydrogen) atoms. The van der Waals surface area contributed by atoms with E-state index in [1.807, 2.05) is 0 Å². The number of amides is 1. The number of nitrogens with zero attached hydrogens (tertiary/aromatic N) is 2. The van der Waals surface area contributed by atoms with Gasteiger partial charge in [0.1, 0.15) is 0 Å². The van der Waals surface area contributed by atoms with Crippen molar-refractivity contribution in [2.24, 2.45) is 5.10 Å². The molecule has 1 rings (SSSR count). The van der Waals surface area contributed by atoms with Crippen molar-refractivity contribution in [3.8, 4) is 0 Å². The van der Waals surface area contributed by atoms with Crippen LogP contribution in [0.5, 0.6) is 0 Å². The Kier molecular flexibility index (Phi) is 3.00. The molecule has 5 nitrogen and oxygen atoms in total. The zero-order valence-corrected chi connectivity index (χ0v) is 7.49. The lowest BCUT2D eigenvalue weighted by atomic mass is 10.1. The van der Waals surface area contributed by atoms with Crippen LogP contribution in [0.4, 0.5) is 0 Å². The number of hydrogen-bond acceptors (Lipinski definition) is 3. The Labute approximate surface area is 76.0 Å². The number of aliphatic carboxylic acids is 1. The van der Waals surface area contributed by atoms with Gasteiger partial charge in [-0.15, -0.1) is 0 Å². The summed E-state index contributed by atoms with van der Waals surface area (Å²) in [5.41, 5.74) is 0.786. The predicted molar refractivity (Wildman–Crippen MR) is 46.3 cm³/mol. The number of hydrazone groups is 1. The molecule has 0 bridgehead atoms. The maximum atomic E-state index is 11.0. The molecule has 0 aliphatic carbocycles. The maximum absolute atomic E-state index is 11.0. The lowest BCUT2D eigenvalue weighted by molar-refractivity contribution is -0.137. The highest BCUT2D eigenvalue weighted by Gasteiger charge is 2.19. The van der Waals surface area contributed by atoms with Crippen molar-refractivity contribution < 1.29 is 14.7 Å². The summed E-state index contributed by atoms with van der Waals surface area (Å²) in [6.07, 6.45) is 1.63. The van der Waals surface area contributed by atoms with E-state index in [2.05, 4.69) is 5.10 Å². The monoisotopic (exact) mass is 184 g/mol. The van der Waals surface area contributed by atoms with E-state index in [4.69, 9.17) is 5.11 Å². The fraction of sp³-hybridized carbons (Fsp3) is 0.625. The van der Waals surface area contributed by atoms with Crippen LogP contribution >= 0.6 is 0 Å². The van der Waals surface area contributed by atoms with Gasteiger partial charge in [0.05, 0.1) is 6.42 Å². The van der Waals surface area contributed by atoms with Crippen molar-refractivity contribution in [3.05, 3.63) is 0 Å². The highest BCUT2D eigenvalue weighted by Crippen LogP contribution is 2.10. The van der Waals surface area contributed by atoms with Crippen molar-refractivity contribution in [2.45, 2.75) is 25.7 Å². The normalized spacial score (nSPS) is 16.2. The molecular formula is C8H12N2O3. The lowest BCUT2D eigenvalue weighted by Crippen LogP contribution is -2.14. The number of carbonyl (C=O) groups is 2. The number of carbonyl (C=O) groups excluding carboxylic acids is 1. The molecule has 0 radical (unpaired) electrons. The minimum atomic E-state index is -0.807. The van der Waals surface area contributed by atoms with Crippen LogP contribution in [0.3, 0.4) is 0 Å². The molecule has 0 saturated carbocycles. The van der Waals surface area contributed by atoms with Crippen molar-refractivity contribution in [1.29, 1.82) is 0 Å². The molecule has 1 N–H and O–H groups in total. The molecule has 0 atom stereocenters. The fourth-order valence-corrected chi connectivity index (χ4v) is 1.17. The molecule has 0 saturated heterocycles. The quantitative estimate of drug-likeness (QED) is 0.690. The predicted octanol–water partition coefficient (Wildman–Crippen LogP) is 0.459. The van der Waals surface area contributed by atoms with Crippen molar-refractivity contribution in [1.82, 2.24) is 5.01 Å². The van der Waals surface area contributed by atoms with Gasteiger partial charge in [-0.1, -0.05) is 0 Å². The first kappa shape index (κ1) is 9.70. The Hall–Kier alpha value is -1.39. The van der Waals surface area contributed by atoms with Crippen LogP contribution in [0, 0.1) is 0 Å². The molecule has 72 valence electrons. The van der Waals surface area contributed by atoms with Gasteiger partial charge in [-0.05, 0) is 12.8 Å². The first-order valence-electron chi connectivity index (χ1n) is 4.14. The van der Waals surface area contributed by atoms with E-state index < -0.39 is 5.97 Å². The van der Waals surface area contributed by atoms with Crippen molar-refractivity contribution in [2.75, 3.05) is 7.05 Å². The number of carboxylic acid groups (broad SMARTS) is 1. The van der Waals surface area contributed by atoms with Gasteiger partial charge >= 0.3 is 5.97 Å². The molecule has 0 spiro atoms. The zero-order valence-electron chi connectivity index (χ0n) is 7.49. The van der Waals surface area contributed by atoms with Crippen LogP contribution in [-0.2, 0) is 9.59 Å². The van der Waals surface area contributed by atoms with E-state index in [9.17, 15) is 9.59 Å². The van der Waals surface area contributed by atoms with Crippen LogP contribution in [-0.4, -0.2) is 34.8 Å². The molecule has 0 aromatic carbocycles. The van der Waals surface area contributed by atoms with Crippen LogP contribution < -0.4 is 0 Å². The van der Waals surface area contributed by atoms with Crippen molar-refractivity contribution >= 4 is 17.6 Å². The Balaban J connectivity index is 2.27. The molecule has 0 unspecified atom stereocenters. The number of rotatable bonds is 4. The van der Waals surface area contributed by atoms with Crippen LogP contribution in [0.25, 0.3) is 0 Å². The third-order valence-corrected chi connectivity index (χ3v) is 1.86. The number of carboxylic acids is 1. The Morgan fingerprint density at radius 3 is 2.85 bits per heavy atom. The molecule has 1 aliphatic heterocycles. The second-order valence-electron chi connectivity index (χ2n) is 3.01. The van der Waals surface area contributed by atoms with Gasteiger partial charge in [0.15, 0.2) is 0 Å². The smallest absolute Gasteiger partial charge is 0.303 e. The third-order valence-electron chi connectivity index (χ3n) is 1.86. The molecule has 0 aromatic heterocycles. The zero-order chi connectivity index (χ0) is 9.84. The van der Waals surface area contributed by atoms with Gasteiger partial charge in [-0.3, -0.25) is 9.59 Å². The first-order chi connectivity index (χ1) is 6.09. The van der Waals surface area contributed by atoms with E-state index in [-0.39, 0.29) is 12.3 Å². The van der Waals surface area contributed by atoms with Crippen LogP contribution in [0.15, 0.2) is 5.10 Å². The summed E-state index contributed by atoms with van der Waals surface area (Å²) in [4.78, 5) is 21.2. The number of hydrogen-bond donors (Lipinski definition) is 1. The Bertz CT molecular complexity index is 260. The molecule has 1 heterocycles. The summed E-state index contributed by atoms with van der Waals surface area (Å²) in [7, 11) is 1.60. The van der Waals surface area contributed by atoms with E-state index in [0.29, 0.717) is 19.3 Å². The molecule has 5 heteroatoms. The largest absolute Gasteiger partial charge is 0.481 e. The minimum absolute atomic E-state index is 0.0228. The standard InChI is InChI=1S/C8H12N2O3/c1-10-7(11)5-6(9-10)3-2-4-8(12)13/h2-5H2,1H3,(H,12,13). The summed E-state index contributed by atoms with van der Waals surface area (Å²) in [6.45, 7) is 0. The van der Waals surface area contributed by atoms with E-state index >= 15 is 0 Å². The van der Waals surface area contributed by atoms with Crippen LogP contribution in [0.2, 0.25) is 0 Å². The fourth-order valence-electron chi connectivity index (χ4n) is 1.17. The van der Waals surface area contributed by atoms with Gasteiger partial charge in [0, 0.05) is 19.2 Å². The van der Waals surface area contributed by atoms with Gasteiger partial charge in [0.2, 0.25) is 5.91 Å². The Morgan fingerprint density at radius 1 is 1.69 bits per heavy atom. The molecule has 1 amide bonds. The molecule has 1 aliphatic rings. The van der Waals surface area contributed by atoms with E-state index in [0.717, 1.165) is 5.71 Å². The van der Waals surface area contributed by atoms with Gasteiger partial charge in [-0.2, -0.15) is 5.10 Å². The third kappa shape index (κ3) is 2.85. The molecular weight excluding hydrogens is 172 g/mol. The van der Waals surface area contributed by atoms with E-state index in [1.165, 1.54) is 5.01 Å². The summed E-state index contributed by atoms with van der Waals surface area (Å²) in [5.74, 6) is -0.830. The van der Waals surface area contributed by atoms with Gasteiger partial charge in [-0.25, -0.2) is 5.01 Å². The van der Waals surface area contributed by atoms with Crippen LogP contribution in [0.1, 0.15) is 25.7 Å². The van der Waals surface area contributed by atoms with E-state index in [1.54, 1.807) is 7.05 Å². The van der Waals surface area contributed by atoms with Crippen molar-refractivity contribution in [3.63, 3.8) is 0 Å². The summed E-state index contributed by atoms with van der Waals surface area (Å²) < 4.78 is 0. The maximum Gasteiger partial charge on any atom is 0.303 e. The molecule has 0 fully saturated rings.